The molecule has 1 N–H and O–H groups in total. The molecule has 0 saturated heterocycles. The van der Waals surface area contributed by atoms with Gasteiger partial charge in [-0.3, -0.25) is 4.79 Å². The van der Waals surface area contributed by atoms with Gasteiger partial charge in [-0.25, -0.2) is 18.7 Å². The SMILES string of the molecule is CN(C(=O)c1cnc(Nc2ccc(F)c(F)c2)nc1)c1ccccc1. The number of nitrogens with one attached hydrogen (secondary N) is 1. The Labute approximate surface area is 143 Å². The van der Waals surface area contributed by atoms with E-state index in [-0.39, 0.29) is 11.9 Å². The molecule has 7 heteroatoms. The Morgan fingerprint density at radius 2 is 1.68 bits per heavy atom. The van der Waals surface area contributed by atoms with Gasteiger partial charge in [0.15, 0.2) is 11.6 Å². The summed E-state index contributed by atoms with van der Waals surface area (Å²) in [7, 11) is 1.66. The minimum atomic E-state index is -0.971. The summed E-state index contributed by atoms with van der Waals surface area (Å²) in [6.45, 7) is 0. The second kappa shape index (κ2) is 7.04. The normalized spacial score (nSPS) is 10.4. The summed E-state index contributed by atoms with van der Waals surface area (Å²) in [5, 5.41) is 2.75. The van der Waals surface area contributed by atoms with Crippen LogP contribution in [0.5, 0.6) is 0 Å². The molecule has 0 atom stereocenters. The number of benzene rings is 2. The predicted molar refractivity (Wildman–Crippen MR) is 90.8 cm³/mol. The van der Waals surface area contributed by atoms with E-state index in [2.05, 4.69) is 15.3 Å². The molecule has 25 heavy (non-hydrogen) atoms. The number of rotatable bonds is 4. The Morgan fingerprint density at radius 1 is 1.00 bits per heavy atom. The molecule has 2 aromatic carbocycles. The molecule has 0 fully saturated rings. The molecule has 3 aromatic rings. The van der Waals surface area contributed by atoms with Crippen LogP contribution in [-0.2, 0) is 0 Å². The summed E-state index contributed by atoms with van der Waals surface area (Å²) in [5.74, 6) is -1.99. The topological polar surface area (TPSA) is 58.1 Å². The summed E-state index contributed by atoms with van der Waals surface area (Å²) >= 11 is 0. The molecule has 3 rings (SSSR count). The fourth-order valence-electron chi connectivity index (χ4n) is 2.17. The third kappa shape index (κ3) is 3.77. The lowest BCUT2D eigenvalue weighted by molar-refractivity contribution is 0.0992. The quantitative estimate of drug-likeness (QED) is 0.785. The van der Waals surface area contributed by atoms with Crippen molar-refractivity contribution in [2.45, 2.75) is 0 Å². The smallest absolute Gasteiger partial charge is 0.261 e. The maximum absolute atomic E-state index is 13.2. The van der Waals surface area contributed by atoms with Crippen LogP contribution in [0.25, 0.3) is 0 Å². The van der Waals surface area contributed by atoms with Crippen LogP contribution in [-0.4, -0.2) is 22.9 Å². The van der Waals surface area contributed by atoms with Crippen LogP contribution < -0.4 is 10.2 Å². The fraction of sp³-hybridized carbons (Fsp3) is 0.0556. The summed E-state index contributed by atoms with van der Waals surface area (Å²) in [6, 6.07) is 12.5. The number of carbonyl (C=O) groups excluding carboxylic acids is 1. The first-order valence-electron chi connectivity index (χ1n) is 7.42. The number of carbonyl (C=O) groups is 1. The zero-order chi connectivity index (χ0) is 17.8. The maximum Gasteiger partial charge on any atom is 0.261 e. The van der Waals surface area contributed by atoms with E-state index < -0.39 is 11.6 Å². The minimum absolute atomic E-state index is 0.171. The lowest BCUT2D eigenvalue weighted by atomic mass is 10.2. The van der Waals surface area contributed by atoms with E-state index in [0.717, 1.165) is 17.8 Å². The highest BCUT2D eigenvalue weighted by Crippen LogP contribution is 2.17. The van der Waals surface area contributed by atoms with Gasteiger partial charge < -0.3 is 10.2 Å². The molecular formula is C18H14F2N4O. The van der Waals surface area contributed by atoms with Crippen molar-refractivity contribution >= 4 is 23.2 Å². The number of hydrogen-bond donors (Lipinski definition) is 1. The molecule has 0 radical (unpaired) electrons. The molecule has 126 valence electrons. The Bertz CT molecular complexity index is 885. The lowest BCUT2D eigenvalue weighted by Crippen LogP contribution is -2.26. The zero-order valence-electron chi connectivity index (χ0n) is 13.3. The molecule has 0 saturated carbocycles. The molecule has 1 heterocycles. The monoisotopic (exact) mass is 340 g/mol. The molecule has 0 aliphatic carbocycles. The standard InChI is InChI=1S/C18H14F2N4O/c1-24(14-5-3-2-4-6-14)17(25)12-10-21-18(22-11-12)23-13-7-8-15(19)16(20)9-13/h2-11H,1H3,(H,21,22,23). The summed E-state index contributed by atoms with van der Waals surface area (Å²) < 4.78 is 26.1. The van der Waals surface area contributed by atoms with Crippen LogP contribution in [0.15, 0.2) is 60.9 Å². The molecule has 5 nitrogen and oxygen atoms in total. The van der Waals surface area contributed by atoms with E-state index in [0.29, 0.717) is 11.3 Å². The highest BCUT2D eigenvalue weighted by atomic mass is 19.2. The summed E-state index contributed by atoms with van der Waals surface area (Å²) in [5.41, 5.74) is 1.36. The van der Waals surface area contributed by atoms with Crippen LogP contribution in [0.1, 0.15) is 10.4 Å². The minimum Gasteiger partial charge on any atom is -0.324 e. The highest BCUT2D eigenvalue weighted by Gasteiger charge is 2.14. The molecular weight excluding hydrogens is 326 g/mol. The van der Waals surface area contributed by atoms with Crippen molar-refractivity contribution in [2.75, 3.05) is 17.3 Å². The van der Waals surface area contributed by atoms with Crippen LogP contribution in [0.4, 0.5) is 26.1 Å². The van der Waals surface area contributed by atoms with Crippen LogP contribution in [0, 0.1) is 11.6 Å². The van der Waals surface area contributed by atoms with Gasteiger partial charge in [0.2, 0.25) is 5.95 Å². The Balaban J connectivity index is 1.73. The van der Waals surface area contributed by atoms with Crippen molar-refractivity contribution < 1.29 is 13.6 Å². The largest absolute Gasteiger partial charge is 0.324 e. The van der Waals surface area contributed by atoms with Crippen molar-refractivity contribution in [1.82, 2.24) is 9.97 Å². The Morgan fingerprint density at radius 3 is 2.32 bits per heavy atom. The van der Waals surface area contributed by atoms with Gasteiger partial charge in [-0.1, -0.05) is 18.2 Å². The number of para-hydroxylation sites is 1. The van der Waals surface area contributed by atoms with E-state index in [9.17, 15) is 13.6 Å². The van der Waals surface area contributed by atoms with Crippen LogP contribution >= 0.6 is 0 Å². The highest BCUT2D eigenvalue weighted by molar-refractivity contribution is 6.05. The average Bonchev–Trinajstić information content (AvgIpc) is 2.65. The van der Waals surface area contributed by atoms with E-state index >= 15 is 0 Å². The second-order valence-corrected chi connectivity index (χ2v) is 5.25. The molecule has 1 amide bonds. The van der Waals surface area contributed by atoms with Crippen LogP contribution in [0.2, 0.25) is 0 Å². The van der Waals surface area contributed by atoms with Gasteiger partial charge in [0.25, 0.3) is 5.91 Å². The molecule has 0 bridgehead atoms. The first kappa shape index (κ1) is 16.5. The summed E-state index contributed by atoms with van der Waals surface area (Å²) in [6.07, 6.45) is 2.74. The zero-order valence-corrected chi connectivity index (χ0v) is 13.3. The van der Waals surface area contributed by atoms with E-state index in [1.54, 1.807) is 7.05 Å². The van der Waals surface area contributed by atoms with Crippen molar-refractivity contribution in [3.05, 3.63) is 78.1 Å². The molecule has 1 aromatic heterocycles. The van der Waals surface area contributed by atoms with Crippen LogP contribution in [0.3, 0.4) is 0 Å². The maximum atomic E-state index is 13.2. The van der Waals surface area contributed by atoms with Gasteiger partial charge in [-0.15, -0.1) is 0 Å². The third-order valence-electron chi connectivity index (χ3n) is 3.52. The van der Waals surface area contributed by atoms with E-state index in [1.807, 2.05) is 30.3 Å². The number of hydrogen-bond acceptors (Lipinski definition) is 4. The molecule has 0 spiro atoms. The fourth-order valence-corrected chi connectivity index (χ4v) is 2.17. The number of aromatic nitrogens is 2. The van der Waals surface area contributed by atoms with Gasteiger partial charge in [-0.2, -0.15) is 0 Å². The average molecular weight is 340 g/mol. The van der Waals surface area contributed by atoms with E-state index in [4.69, 9.17) is 0 Å². The Kier molecular flexibility index (Phi) is 4.65. The first-order valence-corrected chi connectivity index (χ1v) is 7.42. The Hall–Kier alpha value is -3.35. The second-order valence-electron chi connectivity index (χ2n) is 5.25. The third-order valence-corrected chi connectivity index (χ3v) is 3.52. The first-order chi connectivity index (χ1) is 12.0. The van der Waals surface area contributed by atoms with Crippen molar-refractivity contribution in [1.29, 1.82) is 0 Å². The van der Waals surface area contributed by atoms with Gasteiger partial charge in [-0.05, 0) is 24.3 Å². The van der Waals surface area contributed by atoms with Crippen molar-refractivity contribution in [3.63, 3.8) is 0 Å². The lowest BCUT2D eigenvalue weighted by Gasteiger charge is -2.17. The number of halogens is 2. The molecule has 0 aliphatic heterocycles. The van der Waals surface area contributed by atoms with Crippen molar-refractivity contribution in [2.24, 2.45) is 0 Å². The predicted octanol–water partition coefficient (Wildman–Crippen LogP) is 3.78. The molecule has 0 aliphatic rings. The van der Waals surface area contributed by atoms with Gasteiger partial charge in [0, 0.05) is 36.9 Å². The summed E-state index contributed by atoms with van der Waals surface area (Å²) in [4.78, 5) is 22.0. The number of nitrogens with zero attached hydrogens (tertiary/aromatic N) is 3. The van der Waals surface area contributed by atoms with Gasteiger partial charge in [0.05, 0.1) is 5.56 Å². The number of anilines is 3. The number of amides is 1. The van der Waals surface area contributed by atoms with Gasteiger partial charge in [0.1, 0.15) is 0 Å². The van der Waals surface area contributed by atoms with Crippen molar-refractivity contribution in [3.8, 4) is 0 Å². The molecule has 0 unspecified atom stereocenters. The van der Waals surface area contributed by atoms with E-state index in [1.165, 1.54) is 23.4 Å². The van der Waals surface area contributed by atoms with Gasteiger partial charge >= 0.3 is 0 Å².